The third kappa shape index (κ3) is 18.3. The number of esters is 4. The zero-order chi connectivity index (χ0) is 61.7. The highest BCUT2D eigenvalue weighted by Gasteiger charge is 2.38. The molecule has 3 amide bonds. The minimum atomic E-state index is -1.42. The maximum absolute atomic E-state index is 15.4. The highest BCUT2D eigenvalue weighted by atomic mass is 16.6. The van der Waals surface area contributed by atoms with E-state index in [1.165, 1.54) is 33.1 Å². The Bertz CT molecular complexity index is 2990. The van der Waals surface area contributed by atoms with Crippen LogP contribution in [0.1, 0.15) is 148 Å². The van der Waals surface area contributed by atoms with Gasteiger partial charge in [0.15, 0.2) is 17.3 Å². The molecule has 2 aliphatic rings. The van der Waals surface area contributed by atoms with E-state index in [1.54, 1.807) is 92.6 Å². The lowest BCUT2D eigenvalue weighted by atomic mass is 9.89. The minimum absolute atomic E-state index is 0.0145. The molecule has 454 valence electrons. The quantitative estimate of drug-likeness (QED) is 0.0448. The van der Waals surface area contributed by atoms with E-state index in [0.717, 1.165) is 22.3 Å². The SMILES string of the molecule is COC(=O)[C@@H]1Cc2cc(OCCCC(=O)OC(C)(C)C)c(OC)c(c2)-c2cc(ccc2OCCCC(=O)OC(C)(C)C)[C@H](N(C)C(=O)[C@H](CCNC(=O)OC(C)(C)C)CC(=O)OCC2c3ccccc3-c3ccccc32)C(=O)C[C@@H](C)C(=O)N1. The summed E-state index contributed by atoms with van der Waals surface area (Å²) in [6, 6.07) is 21.4. The van der Waals surface area contributed by atoms with Crippen molar-refractivity contribution in [2.75, 3.05) is 47.6 Å². The summed E-state index contributed by atoms with van der Waals surface area (Å²) in [5.41, 5.74) is 3.29. The Labute approximate surface area is 493 Å². The van der Waals surface area contributed by atoms with Crippen LogP contribution in [0.15, 0.2) is 78.9 Å². The maximum Gasteiger partial charge on any atom is 0.407 e. The highest BCUT2D eigenvalue weighted by molar-refractivity contribution is 5.96. The first-order chi connectivity index (χ1) is 39.6. The number of hydrogen-bond acceptors (Lipinski definition) is 16. The molecular formula is C65H83N3O16. The number of likely N-dealkylation sites (N-methyl/N-ethyl adjacent to an activating group) is 1. The van der Waals surface area contributed by atoms with Crippen LogP contribution in [0.4, 0.5) is 4.79 Å². The van der Waals surface area contributed by atoms with Gasteiger partial charge in [-0.1, -0.05) is 61.5 Å². The molecule has 0 saturated carbocycles. The van der Waals surface area contributed by atoms with Crippen LogP contribution < -0.4 is 24.8 Å². The number of methoxy groups -OCH3 is 2. The van der Waals surface area contributed by atoms with Crippen molar-refractivity contribution >= 4 is 47.6 Å². The Kier molecular flexibility index (Phi) is 22.2. The second-order valence-electron chi connectivity index (χ2n) is 24.2. The van der Waals surface area contributed by atoms with Crippen molar-refractivity contribution in [1.82, 2.24) is 15.5 Å². The fourth-order valence-electron chi connectivity index (χ4n) is 10.2. The van der Waals surface area contributed by atoms with E-state index in [2.05, 4.69) is 10.6 Å². The van der Waals surface area contributed by atoms with Crippen molar-refractivity contribution in [2.45, 2.75) is 155 Å². The fraction of sp³-hybridized carbons (Fsp3) is 0.508. The van der Waals surface area contributed by atoms with E-state index in [0.29, 0.717) is 16.7 Å². The van der Waals surface area contributed by atoms with Crippen LogP contribution >= 0.6 is 0 Å². The minimum Gasteiger partial charge on any atom is -0.493 e. The summed E-state index contributed by atoms with van der Waals surface area (Å²) in [7, 11) is 4.06. The Morgan fingerprint density at radius 3 is 1.81 bits per heavy atom. The number of benzene rings is 4. The second kappa shape index (κ2) is 28.5. The second-order valence-corrected chi connectivity index (χ2v) is 24.2. The molecule has 4 aromatic rings. The van der Waals surface area contributed by atoms with E-state index in [4.69, 9.17) is 37.9 Å². The number of ether oxygens (including phenoxy) is 8. The van der Waals surface area contributed by atoms with E-state index in [9.17, 15) is 28.8 Å². The number of alkyl carbamates (subject to hydrolysis) is 1. The standard InChI is InChI=1S/C65H83N3O16/c1-39-32-51(69)57(68(11)60(74)42(28-29-66-62(76)84-65(8,9)10)37-56(72)81-38-49-45-22-16-14-20-43(45)44-21-15-17-23-46(44)49)41-26-27-52(79-30-18-24-54(70)82-63(2,3)4)47(36-41)48-33-40(34-50(61(75)78-13)67-59(39)73)35-53(58(48)77-12)80-31-19-25-55(71)83-64(5,6)7/h14-17,20-23,26-27,33,35-36,39,42,49-50,57H,18-19,24-25,28-32,34,37-38H2,1-13H3,(H,66,76)(H,67,73)/t39-,42-,50+,57+/m1/s1. The van der Waals surface area contributed by atoms with Crippen LogP contribution in [0.2, 0.25) is 0 Å². The zero-order valence-electron chi connectivity index (χ0n) is 50.9. The van der Waals surface area contributed by atoms with Gasteiger partial charge in [0.1, 0.15) is 41.2 Å². The van der Waals surface area contributed by atoms with E-state index >= 15 is 9.59 Å². The van der Waals surface area contributed by atoms with E-state index in [1.807, 2.05) is 48.5 Å². The van der Waals surface area contributed by atoms with Gasteiger partial charge in [0, 0.05) is 62.2 Å². The lowest BCUT2D eigenvalue weighted by molar-refractivity contribution is -0.156. The summed E-state index contributed by atoms with van der Waals surface area (Å²) in [5.74, 6) is -5.98. The van der Waals surface area contributed by atoms with Gasteiger partial charge in [-0.2, -0.15) is 0 Å². The average molecular weight is 1160 g/mol. The number of fused-ring (bicyclic) bond motifs is 8. The summed E-state index contributed by atoms with van der Waals surface area (Å²) in [5, 5.41) is 5.47. The van der Waals surface area contributed by atoms with Crippen molar-refractivity contribution in [2.24, 2.45) is 11.8 Å². The number of nitrogens with one attached hydrogen (secondary N) is 2. The molecule has 19 nitrogen and oxygen atoms in total. The summed E-state index contributed by atoms with van der Waals surface area (Å²) in [6.07, 6.45) is -1.18. The maximum atomic E-state index is 15.4. The number of amides is 3. The number of hydrogen-bond donors (Lipinski definition) is 2. The van der Waals surface area contributed by atoms with Crippen LogP contribution in [-0.2, 0) is 63.7 Å². The Hall–Kier alpha value is -7.96. The Morgan fingerprint density at radius 1 is 0.679 bits per heavy atom. The predicted molar refractivity (Wildman–Crippen MR) is 313 cm³/mol. The summed E-state index contributed by atoms with van der Waals surface area (Å²) >= 11 is 0. The van der Waals surface area contributed by atoms with Gasteiger partial charge in [-0.15, -0.1) is 0 Å². The number of ketones is 1. The van der Waals surface area contributed by atoms with Gasteiger partial charge in [0.2, 0.25) is 11.8 Å². The first kappa shape index (κ1) is 65.2. The van der Waals surface area contributed by atoms with E-state index in [-0.39, 0.29) is 93.6 Å². The summed E-state index contributed by atoms with van der Waals surface area (Å²) in [4.78, 5) is 112. The smallest absolute Gasteiger partial charge is 0.407 e. The summed E-state index contributed by atoms with van der Waals surface area (Å²) in [6.45, 7) is 17.3. The van der Waals surface area contributed by atoms with Crippen molar-refractivity contribution < 1.29 is 76.3 Å². The molecular weight excluding hydrogens is 1080 g/mol. The molecule has 0 radical (unpaired) electrons. The van der Waals surface area contributed by atoms with Crippen molar-refractivity contribution in [3.63, 3.8) is 0 Å². The normalized spacial score (nSPS) is 16.5. The molecule has 19 heteroatoms. The van der Waals surface area contributed by atoms with Gasteiger partial charge in [-0.05, 0) is 139 Å². The first-order valence-electron chi connectivity index (χ1n) is 28.6. The van der Waals surface area contributed by atoms with Gasteiger partial charge in [-0.3, -0.25) is 28.8 Å². The Balaban J connectivity index is 1.43. The molecule has 0 aromatic heterocycles. The topological polar surface area (TPSA) is 238 Å². The lowest BCUT2D eigenvalue weighted by Crippen LogP contribution is -2.46. The number of carbonyl (C=O) groups is 8. The number of nitrogens with zero attached hydrogens (tertiary/aromatic N) is 1. The van der Waals surface area contributed by atoms with Crippen LogP contribution in [0.5, 0.6) is 17.2 Å². The van der Waals surface area contributed by atoms with E-state index < -0.39 is 101 Å². The number of Topliss-reactive ketones (excluding diaryl/α,β-unsaturated/α-hetero) is 1. The van der Waals surface area contributed by atoms with Crippen LogP contribution in [0.3, 0.4) is 0 Å². The molecule has 6 rings (SSSR count). The molecule has 4 aromatic carbocycles. The highest BCUT2D eigenvalue weighted by Crippen LogP contribution is 2.47. The van der Waals surface area contributed by atoms with Gasteiger partial charge in [0.05, 0.1) is 39.8 Å². The molecule has 4 atom stereocenters. The van der Waals surface area contributed by atoms with Crippen molar-refractivity contribution in [3.05, 3.63) is 101 Å². The lowest BCUT2D eigenvalue weighted by Gasteiger charge is -2.32. The van der Waals surface area contributed by atoms with Crippen molar-refractivity contribution in [3.8, 4) is 39.5 Å². The number of rotatable bonds is 21. The molecule has 1 heterocycles. The number of carbonyl (C=O) groups excluding carboxylic acids is 8. The molecule has 1 aliphatic carbocycles. The largest absolute Gasteiger partial charge is 0.493 e. The molecule has 0 fully saturated rings. The van der Waals surface area contributed by atoms with Crippen LogP contribution in [0, 0.1) is 11.8 Å². The van der Waals surface area contributed by atoms with Crippen LogP contribution in [0.25, 0.3) is 22.3 Å². The van der Waals surface area contributed by atoms with Crippen molar-refractivity contribution in [1.29, 1.82) is 0 Å². The third-order valence-corrected chi connectivity index (χ3v) is 13.9. The monoisotopic (exact) mass is 1160 g/mol. The molecule has 1 aliphatic heterocycles. The first-order valence-corrected chi connectivity index (χ1v) is 28.6. The van der Waals surface area contributed by atoms with Gasteiger partial charge >= 0.3 is 30.0 Å². The molecule has 2 N–H and O–H groups in total. The zero-order valence-corrected chi connectivity index (χ0v) is 50.9. The van der Waals surface area contributed by atoms with Gasteiger partial charge in [-0.25, -0.2) is 9.59 Å². The average Bonchev–Trinajstić information content (AvgIpc) is 2.53. The molecule has 84 heavy (non-hydrogen) atoms. The van der Waals surface area contributed by atoms with Gasteiger partial charge < -0.3 is 53.4 Å². The van der Waals surface area contributed by atoms with Gasteiger partial charge in [0.25, 0.3) is 0 Å². The molecule has 4 bridgehead atoms. The molecule has 0 saturated heterocycles. The van der Waals surface area contributed by atoms with Crippen LogP contribution in [-0.4, -0.2) is 123 Å². The third-order valence-electron chi connectivity index (χ3n) is 13.9. The molecule has 0 spiro atoms. The molecule has 0 unspecified atom stereocenters. The fourth-order valence-corrected chi connectivity index (χ4v) is 10.2. The summed E-state index contributed by atoms with van der Waals surface area (Å²) < 4.78 is 46.7. The predicted octanol–water partition coefficient (Wildman–Crippen LogP) is 9.95. The Morgan fingerprint density at radius 2 is 1.25 bits per heavy atom.